The van der Waals surface area contributed by atoms with Crippen LogP contribution >= 0.6 is 0 Å². The molecule has 29 heavy (non-hydrogen) atoms. The maximum absolute atomic E-state index is 5.62. The van der Waals surface area contributed by atoms with E-state index >= 15 is 0 Å². The van der Waals surface area contributed by atoms with Crippen molar-refractivity contribution in [3.63, 3.8) is 0 Å². The van der Waals surface area contributed by atoms with E-state index in [0.29, 0.717) is 11.8 Å². The minimum absolute atomic E-state index is 0.351. The predicted molar refractivity (Wildman–Crippen MR) is 119 cm³/mol. The molecular weight excluding hydrogens is 358 g/mol. The molecule has 0 saturated heterocycles. The molecule has 0 fully saturated rings. The summed E-state index contributed by atoms with van der Waals surface area (Å²) in [5, 5.41) is 0. The van der Waals surface area contributed by atoms with Crippen LogP contribution < -0.4 is 4.74 Å². The van der Waals surface area contributed by atoms with Gasteiger partial charge in [-0.2, -0.15) is 0 Å². The van der Waals surface area contributed by atoms with Crippen LogP contribution in [0.1, 0.15) is 42.1 Å². The minimum atomic E-state index is 0.351. The van der Waals surface area contributed by atoms with E-state index in [9.17, 15) is 0 Å². The summed E-state index contributed by atoms with van der Waals surface area (Å²) in [7, 11) is 1.67. The van der Waals surface area contributed by atoms with E-state index in [2.05, 4.69) is 80.9 Å². The molecule has 0 N–H and O–H groups in total. The first-order valence-corrected chi connectivity index (χ1v) is 10.0. The molecule has 0 aliphatic heterocycles. The smallest absolute Gasteiger partial charge is 0.222 e. The number of ether oxygens (including phenoxy) is 1. The van der Waals surface area contributed by atoms with Crippen LogP contribution in [0, 0.1) is 13.8 Å². The average molecular weight is 386 g/mol. The Labute approximate surface area is 172 Å². The molecule has 0 aliphatic rings. The Morgan fingerprint density at radius 3 is 2.41 bits per heavy atom. The van der Waals surface area contributed by atoms with Gasteiger partial charge in [-0.05, 0) is 54.7 Å². The maximum atomic E-state index is 5.62. The zero-order chi connectivity index (χ0) is 20.5. The number of nitrogens with zero attached hydrogens (tertiary/aromatic N) is 3. The van der Waals surface area contributed by atoms with Crippen LogP contribution in [0.2, 0.25) is 0 Å². The van der Waals surface area contributed by atoms with Crippen LogP contribution in [0.5, 0.6) is 5.88 Å². The molecule has 3 aromatic heterocycles. The summed E-state index contributed by atoms with van der Waals surface area (Å²) < 4.78 is 7.89. The summed E-state index contributed by atoms with van der Waals surface area (Å²) in [5.74, 6) is 0.983. The topological polar surface area (TPSA) is 39.9 Å². The molecule has 148 valence electrons. The molecule has 0 aliphatic carbocycles. The molecule has 0 unspecified atom stereocenters. The van der Waals surface area contributed by atoms with Crippen LogP contribution in [0.4, 0.5) is 0 Å². The zero-order valence-electron chi connectivity index (χ0n) is 17.7. The lowest BCUT2D eigenvalue weighted by molar-refractivity contribution is 0.397. The molecule has 0 amide bonds. The van der Waals surface area contributed by atoms with Gasteiger partial charge in [-0.3, -0.25) is 0 Å². The number of aromatic nitrogens is 3. The number of hydrogen-bond acceptors (Lipinski definition) is 3. The van der Waals surface area contributed by atoms with Gasteiger partial charge in [-0.15, -0.1) is 0 Å². The summed E-state index contributed by atoms with van der Waals surface area (Å²) >= 11 is 0. The second kappa shape index (κ2) is 7.70. The van der Waals surface area contributed by atoms with Crippen molar-refractivity contribution in [2.24, 2.45) is 0 Å². The second-order valence-corrected chi connectivity index (χ2v) is 7.89. The Morgan fingerprint density at radius 2 is 1.72 bits per heavy atom. The van der Waals surface area contributed by atoms with Gasteiger partial charge in [0.25, 0.3) is 0 Å². The van der Waals surface area contributed by atoms with E-state index in [-0.39, 0.29) is 0 Å². The minimum Gasteiger partial charge on any atom is -0.480 e. The average Bonchev–Trinajstić information content (AvgIpc) is 3.02. The van der Waals surface area contributed by atoms with Gasteiger partial charge in [0.1, 0.15) is 0 Å². The highest BCUT2D eigenvalue weighted by Gasteiger charge is 2.17. The van der Waals surface area contributed by atoms with Gasteiger partial charge in [-0.1, -0.05) is 44.2 Å². The molecule has 4 aromatic rings. The molecule has 1 aromatic carbocycles. The molecule has 0 atom stereocenters. The van der Waals surface area contributed by atoms with E-state index < -0.39 is 0 Å². The Hall–Kier alpha value is -3.14. The molecule has 0 spiro atoms. The Balaban J connectivity index is 1.82. The summed E-state index contributed by atoms with van der Waals surface area (Å²) in [6.07, 6.45) is 2.19. The standard InChI is InChI=1S/C25H27N3O/c1-16(2)21-12-11-20(25(26-21)29-5)23-17(3)13-22-24(27-23)18(4)14-28(22)15-19-9-7-6-8-10-19/h6-14,16H,15H2,1-5H3. The van der Waals surface area contributed by atoms with E-state index in [1.54, 1.807) is 7.11 Å². The quantitative estimate of drug-likeness (QED) is 0.430. The predicted octanol–water partition coefficient (Wildman–Crippen LogP) is 5.90. The number of rotatable bonds is 5. The van der Waals surface area contributed by atoms with Crippen molar-refractivity contribution in [3.8, 4) is 17.1 Å². The number of fused-ring (bicyclic) bond motifs is 1. The molecule has 0 radical (unpaired) electrons. The van der Waals surface area contributed by atoms with Crippen LogP contribution in [0.15, 0.2) is 54.7 Å². The van der Waals surface area contributed by atoms with E-state index in [1.807, 2.05) is 6.07 Å². The number of hydrogen-bond donors (Lipinski definition) is 0. The maximum Gasteiger partial charge on any atom is 0.222 e. The van der Waals surface area contributed by atoms with Crippen LogP contribution in [-0.4, -0.2) is 21.6 Å². The first-order chi connectivity index (χ1) is 14.0. The monoisotopic (exact) mass is 385 g/mol. The van der Waals surface area contributed by atoms with E-state index in [0.717, 1.165) is 40.1 Å². The van der Waals surface area contributed by atoms with E-state index in [1.165, 1.54) is 11.1 Å². The molecule has 0 saturated carbocycles. The van der Waals surface area contributed by atoms with Crippen molar-refractivity contribution in [3.05, 3.63) is 77.1 Å². The Bertz CT molecular complexity index is 1160. The molecule has 4 rings (SSSR count). The highest BCUT2D eigenvalue weighted by Crippen LogP contribution is 2.33. The highest BCUT2D eigenvalue weighted by molar-refractivity contribution is 5.85. The van der Waals surface area contributed by atoms with Crippen molar-refractivity contribution in [1.82, 2.24) is 14.5 Å². The van der Waals surface area contributed by atoms with Gasteiger partial charge in [0.15, 0.2) is 0 Å². The van der Waals surface area contributed by atoms with E-state index in [4.69, 9.17) is 14.7 Å². The third-order valence-electron chi connectivity index (χ3n) is 5.34. The SMILES string of the molecule is COc1nc(C(C)C)ccc1-c1nc2c(C)cn(Cc3ccccc3)c2cc1C. The van der Waals surface area contributed by atoms with Gasteiger partial charge in [-0.25, -0.2) is 9.97 Å². The highest BCUT2D eigenvalue weighted by atomic mass is 16.5. The van der Waals surface area contributed by atoms with Crippen LogP contribution in [0.25, 0.3) is 22.3 Å². The van der Waals surface area contributed by atoms with Crippen molar-refractivity contribution in [2.75, 3.05) is 7.11 Å². The van der Waals surface area contributed by atoms with Crippen LogP contribution in [0.3, 0.4) is 0 Å². The fraction of sp³-hybridized carbons (Fsp3) is 0.280. The lowest BCUT2D eigenvalue weighted by atomic mass is 10.0. The molecule has 3 heterocycles. The van der Waals surface area contributed by atoms with Gasteiger partial charge >= 0.3 is 0 Å². The van der Waals surface area contributed by atoms with Gasteiger partial charge in [0.2, 0.25) is 5.88 Å². The summed E-state index contributed by atoms with van der Waals surface area (Å²) in [6.45, 7) is 9.32. The molecule has 4 nitrogen and oxygen atoms in total. The second-order valence-electron chi connectivity index (χ2n) is 7.89. The number of methoxy groups -OCH3 is 1. The molecular formula is C25H27N3O. The first kappa shape index (κ1) is 19.2. The fourth-order valence-electron chi connectivity index (χ4n) is 3.77. The lowest BCUT2D eigenvalue weighted by Gasteiger charge is -2.13. The van der Waals surface area contributed by atoms with Crippen LogP contribution in [-0.2, 0) is 6.54 Å². The van der Waals surface area contributed by atoms with Crippen molar-refractivity contribution in [2.45, 2.75) is 40.2 Å². The normalized spacial score (nSPS) is 11.4. The molecule has 0 bridgehead atoms. The lowest BCUT2D eigenvalue weighted by Crippen LogP contribution is -2.01. The largest absolute Gasteiger partial charge is 0.480 e. The van der Waals surface area contributed by atoms with Gasteiger partial charge < -0.3 is 9.30 Å². The Kier molecular flexibility index (Phi) is 5.10. The number of benzene rings is 1. The third-order valence-corrected chi connectivity index (χ3v) is 5.34. The number of pyridine rings is 2. The molecule has 4 heteroatoms. The van der Waals surface area contributed by atoms with Gasteiger partial charge in [0.05, 0.1) is 29.4 Å². The zero-order valence-corrected chi connectivity index (χ0v) is 17.7. The Morgan fingerprint density at radius 1 is 0.966 bits per heavy atom. The third kappa shape index (κ3) is 3.63. The first-order valence-electron chi connectivity index (χ1n) is 10.0. The summed E-state index contributed by atoms with van der Waals surface area (Å²) in [5.41, 5.74) is 8.63. The van der Waals surface area contributed by atoms with Gasteiger partial charge in [0, 0.05) is 18.4 Å². The summed E-state index contributed by atoms with van der Waals surface area (Å²) in [6, 6.07) is 16.9. The fourth-order valence-corrected chi connectivity index (χ4v) is 3.77. The van der Waals surface area contributed by atoms with Crippen molar-refractivity contribution < 1.29 is 4.74 Å². The summed E-state index contributed by atoms with van der Waals surface area (Å²) in [4.78, 5) is 9.75. The van der Waals surface area contributed by atoms with Crippen molar-refractivity contribution in [1.29, 1.82) is 0 Å². The van der Waals surface area contributed by atoms with Crippen molar-refractivity contribution >= 4 is 11.0 Å². The number of aryl methyl sites for hydroxylation is 2.